The average molecular weight is 550 g/mol. The molecular weight excluding hydrogens is 518 g/mol. The van der Waals surface area contributed by atoms with Gasteiger partial charge in [0.05, 0.1) is 37.3 Å². The molecule has 0 spiro atoms. The molecule has 0 bridgehead atoms. The van der Waals surface area contributed by atoms with Gasteiger partial charge in [-0.3, -0.25) is 18.8 Å². The molecule has 4 heterocycles. The van der Waals surface area contributed by atoms with Gasteiger partial charge in [-0.15, -0.1) is 11.3 Å². The third kappa shape index (κ3) is 5.06. The number of hydrogen-bond acceptors (Lipinski definition) is 8. The number of carbonyl (C=O) groups is 2. The number of benzene rings is 1. The summed E-state index contributed by atoms with van der Waals surface area (Å²) < 4.78 is 13.9. The highest BCUT2D eigenvalue weighted by molar-refractivity contribution is 7.15. The van der Waals surface area contributed by atoms with Crippen LogP contribution in [-0.4, -0.2) is 62.7 Å². The fraction of sp³-hybridized carbons (Fsp3) is 0.393. The maximum absolute atomic E-state index is 13.8. The highest BCUT2D eigenvalue weighted by atomic mass is 32.1. The van der Waals surface area contributed by atoms with Crippen LogP contribution in [-0.2, 0) is 20.7 Å². The largest absolute Gasteiger partial charge is 0.494 e. The Kier molecular flexibility index (Phi) is 7.51. The molecule has 4 aromatic rings. The number of methoxy groups -OCH3 is 1. The van der Waals surface area contributed by atoms with Crippen molar-refractivity contribution in [3.63, 3.8) is 0 Å². The van der Waals surface area contributed by atoms with Gasteiger partial charge in [-0.2, -0.15) is 5.10 Å². The van der Waals surface area contributed by atoms with Gasteiger partial charge in [-0.05, 0) is 51.8 Å². The predicted octanol–water partition coefficient (Wildman–Crippen LogP) is 3.58. The van der Waals surface area contributed by atoms with Crippen molar-refractivity contribution in [2.45, 2.75) is 40.0 Å². The van der Waals surface area contributed by atoms with Crippen LogP contribution in [0.2, 0.25) is 0 Å². The van der Waals surface area contributed by atoms with E-state index in [-0.39, 0.29) is 29.8 Å². The van der Waals surface area contributed by atoms with Crippen LogP contribution in [0.5, 0.6) is 5.75 Å². The Morgan fingerprint density at radius 1 is 1.15 bits per heavy atom. The number of thiazole rings is 1. The van der Waals surface area contributed by atoms with Crippen LogP contribution in [0.15, 0.2) is 40.5 Å². The summed E-state index contributed by atoms with van der Waals surface area (Å²) in [4.78, 5) is 46.0. The van der Waals surface area contributed by atoms with Gasteiger partial charge in [0, 0.05) is 29.9 Å². The summed E-state index contributed by atoms with van der Waals surface area (Å²) in [5.74, 6) is 0.217. The van der Waals surface area contributed by atoms with Crippen molar-refractivity contribution in [1.29, 1.82) is 0 Å². The van der Waals surface area contributed by atoms with E-state index in [1.807, 2.05) is 42.6 Å². The van der Waals surface area contributed by atoms with E-state index in [2.05, 4.69) is 4.98 Å². The number of para-hydroxylation sites is 2. The molecular formula is C28H31N5O5S. The molecule has 39 heavy (non-hydrogen) atoms. The van der Waals surface area contributed by atoms with Crippen molar-refractivity contribution < 1.29 is 19.1 Å². The van der Waals surface area contributed by atoms with Gasteiger partial charge >= 0.3 is 5.97 Å². The average Bonchev–Trinajstić information content (AvgIpc) is 3.51. The Balaban J connectivity index is 1.43. The Morgan fingerprint density at radius 3 is 2.62 bits per heavy atom. The third-order valence-electron chi connectivity index (χ3n) is 7.08. The van der Waals surface area contributed by atoms with Crippen LogP contribution in [0, 0.1) is 19.8 Å². The molecule has 0 saturated carbocycles. The summed E-state index contributed by atoms with van der Waals surface area (Å²) in [7, 11) is 1.61. The van der Waals surface area contributed by atoms with Crippen LogP contribution < -0.4 is 10.3 Å². The van der Waals surface area contributed by atoms with Gasteiger partial charge in [-0.25, -0.2) is 9.67 Å². The van der Waals surface area contributed by atoms with Gasteiger partial charge in [0.2, 0.25) is 5.91 Å². The number of fused-ring (bicyclic) bond motifs is 1. The summed E-state index contributed by atoms with van der Waals surface area (Å²) >= 11 is 1.33. The minimum Gasteiger partial charge on any atom is -0.494 e. The molecule has 5 rings (SSSR count). The molecule has 1 amide bonds. The number of carbonyl (C=O) groups excluding carboxylic acids is 2. The number of aromatic nitrogens is 4. The van der Waals surface area contributed by atoms with E-state index in [0.717, 1.165) is 11.4 Å². The molecule has 1 saturated heterocycles. The van der Waals surface area contributed by atoms with Crippen LogP contribution in [0.1, 0.15) is 36.8 Å². The molecule has 0 unspecified atom stereocenters. The SMILES string of the molecule is CCOC(=O)C1CCN(C(=O)Cc2csc3nc(C)c(-c4cc(C)n(-c5ccccc5OC)n4)c(=O)n23)CC1. The van der Waals surface area contributed by atoms with E-state index in [4.69, 9.17) is 14.6 Å². The van der Waals surface area contributed by atoms with Crippen LogP contribution in [0.3, 0.4) is 0 Å². The molecule has 0 N–H and O–H groups in total. The van der Waals surface area contributed by atoms with Crippen LogP contribution in [0.25, 0.3) is 21.9 Å². The van der Waals surface area contributed by atoms with Crippen molar-refractivity contribution in [2.24, 2.45) is 5.92 Å². The summed E-state index contributed by atoms with van der Waals surface area (Å²) in [5.41, 5.74) is 3.41. The number of esters is 1. The second-order valence-corrected chi connectivity index (χ2v) is 10.4. The number of piperidine rings is 1. The second kappa shape index (κ2) is 11.0. The van der Waals surface area contributed by atoms with Crippen molar-refractivity contribution in [2.75, 3.05) is 26.8 Å². The highest BCUT2D eigenvalue weighted by Crippen LogP contribution is 2.27. The molecule has 1 fully saturated rings. The quantitative estimate of drug-likeness (QED) is 0.324. The first-order valence-electron chi connectivity index (χ1n) is 13.0. The van der Waals surface area contributed by atoms with Crippen LogP contribution in [0.4, 0.5) is 0 Å². The molecule has 0 aliphatic carbocycles. The van der Waals surface area contributed by atoms with E-state index < -0.39 is 0 Å². The number of amides is 1. The Hall–Kier alpha value is -3.99. The van der Waals surface area contributed by atoms with Gasteiger partial charge in [-0.1, -0.05) is 12.1 Å². The standard InChI is InChI=1S/C28H31N5O5S/c1-5-38-27(36)19-10-12-31(13-11-19)24(34)15-20-16-39-28-29-18(3)25(26(35)32(20)28)21-14-17(2)33(30-21)22-8-6-7-9-23(22)37-4/h6-9,14,16,19H,5,10-13,15H2,1-4H3. The lowest BCUT2D eigenvalue weighted by atomic mass is 9.97. The fourth-order valence-corrected chi connectivity index (χ4v) is 5.99. The second-order valence-electron chi connectivity index (χ2n) is 9.56. The number of nitrogens with zero attached hydrogens (tertiary/aromatic N) is 5. The zero-order chi connectivity index (χ0) is 27.7. The summed E-state index contributed by atoms with van der Waals surface area (Å²) in [5, 5.41) is 6.56. The number of hydrogen-bond donors (Lipinski definition) is 0. The first-order valence-corrected chi connectivity index (χ1v) is 13.8. The van der Waals surface area contributed by atoms with Crippen molar-refractivity contribution >= 4 is 28.2 Å². The molecule has 1 aliphatic heterocycles. The summed E-state index contributed by atoms with van der Waals surface area (Å²) in [6, 6.07) is 9.41. The van der Waals surface area contributed by atoms with Crippen LogP contribution >= 0.6 is 11.3 Å². The van der Waals surface area contributed by atoms with E-state index in [1.165, 1.54) is 15.7 Å². The number of aryl methyl sites for hydroxylation is 2. The third-order valence-corrected chi connectivity index (χ3v) is 7.95. The number of rotatable bonds is 7. The predicted molar refractivity (Wildman–Crippen MR) is 148 cm³/mol. The Bertz CT molecular complexity index is 1600. The van der Waals surface area contributed by atoms with E-state index in [0.29, 0.717) is 65.9 Å². The minimum absolute atomic E-state index is 0.0723. The van der Waals surface area contributed by atoms with Gasteiger partial charge in [0.1, 0.15) is 17.1 Å². The minimum atomic E-state index is -0.257. The lowest BCUT2D eigenvalue weighted by Gasteiger charge is -2.30. The maximum atomic E-state index is 13.8. The monoisotopic (exact) mass is 549 g/mol. The molecule has 204 valence electrons. The summed E-state index contributed by atoms with van der Waals surface area (Å²) in [6.07, 6.45) is 1.23. The highest BCUT2D eigenvalue weighted by Gasteiger charge is 2.29. The Morgan fingerprint density at radius 2 is 1.90 bits per heavy atom. The molecule has 1 aliphatic rings. The van der Waals surface area contributed by atoms with E-state index in [9.17, 15) is 14.4 Å². The lowest BCUT2D eigenvalue weighted by molar-refractivity contribution is -0.151. The molecule has 0 radical (unpaired) electrons. The lowest BCUT2D eigenvalue weighted by Crippen LogP contribution is -2.41. The van der Waals surface area contributed by atoms with Gasteiger partial charge < -0.3 is 14.4 Å². The van der Waals surface area contributed by atoms with Crippen molar-refractivity contribution in [3.05, 3.63) is 63.1 Å². The number of ether oxygens (including phenoxy) is 2. The van der Waals surface area contributed by atoms with Gasteiger partial charge in [0.15, 0.2) is 4.96 Å². The van der Waals surface area contributed by atoms with E-state index >= 15 is 0 Å². The first kappa shape index (κ1) is 26.6. The molecule has 10 nitrogen and oxygen atoms in total. The maximum Gasteiger partial charge on any atom is 0.309 e. The first-order chi connectivity index (χ1) is 18.8. The number of likely N-dealkylation sites (tertiary alicyclic amines) is 1. The van der Waals surface area contributed by atoms with Crippen molar-refractivity contribution in [1.82, 2.24) is 24.1 Å². The van der Waals surface area contributed by atoms with E-state index in [1.54, 1.807) is 30.5 Å². The topological polar surface area (TPSA) is 108 Å². The summed E-state index contributed by atoms with van der Waals surface area (Å²) in [6.45, 7) is 6.84. The molecule has 1 aromatic carbocycles. The van der Waals surface area contributed by atoms with Crippen molar-refractivity contribution in [3.8, 4) is 22.7 Å². The molecule has 11 heteroatoms. The smallest absolute Gasteiger partial charge is 0.309 e. The zero-order valence-electron chi connectivity index (χ0n) is 22.5. The zero-order valence-corrected chi connectivity index (χ0v) is 23.3. The molecule has 3 aromatic heterocycles. The molecule has 0 atom stereocenters. The fourth-order valence-electron chi connectivity index (χ4n) is 5.06. The van der Waals surface area contributed by atoms with Gasteiger partial charge in [0.25, 0.3) is 5.56 Å². The normalized spacial score (nSPS) is 14.1. The Labute approximate surface area is 229 Å².